The molecule has 0 radical (unpaired) electrons. The number of ether oxygens (including phenoxy) is 1. The number of para-hydroxylation sites is 1. The second kappa shape index (κ2) is 9.93. The van der Waals surface area contributed by atoms with Crippen molar-refractivity contribution in [2.24, 2.45) is 0 Å². The van der Waals surface area contributed by atoms with Crippen LogP contribution in [0.3, 0.4) is 0 Å². The van der Waals surface area contributed by atoms with E-state index in [0.29, 0.717) is 6.04 Å². The molecule has 142 valence electrons. The highest BCUT2D eigenvalue weighted by Gasteiger charge is 2.11. The van der Waals surface area contributed by atoms with Gasteiger partial charge in [0.25, 0.3) is 0 Å². The van der Waals surface area contributed by atoms with Crippen LogP contribution in [-0.4, -0.2) is 9.78 Å². The predicted octanol–water partition coefficient (Wildman–Crippen LogP) is 5.72. The smallest absolute Gasteiger partial charge is 0.127 e. The lowest BCUT2D eigenvalue weighted by Gasteiger charge is -2.18. The summed E-state index contributed by atoms with van der Waals surface area (Å²) in [5.41, 5.74) is 2.37. The highest BCUT2D eigenvalue weighted by Crippen LogP contribution is 2.25. The van der Waals surface area contributed by atoms with Crippen LogP contribution in [0.5, 0.6) is 11.5 Å². The monoisotopic (exact) mass is 363 g/mol. The molecule has 1 heterocycles. The number of nitrogens with one attached hydrogen (secondary N) is 1. The first-order chi connectivity index (χ1) is 13.3. The van der Waals surface area contributed by atoms with Gasteiger partial charge in [-0.1, -0.05) is 50.6 Å². The first-order valence-electron chi connectivity index (χ1n) is 9.87. The molecule has 0 spiro atoms. The largest absolute Gasteiger partial charge is 0.457 e. The van der Waals surface area contributed by atoms with Crippen molar-refractivity contribution in [3.63, 3.8) is 0 Å². The molecule has 3 rings (SSSR count). The second-order valence-corrected chi connectivity index (χ2v) is 6.78. The van der Waals surface area contributed by atoms with Gasteiger partial charge in [0.05, 0.1) is 5.69 Å². The van der Waals surface area contributed by atoms with Gasteiger partial charge >= 0.3 is 0 Å². The summed E-state index contributed by atoms with van der Waals surface area (Å²) in [7, 11) is 0. The molecule has 1 N–H and O–H groups in total. The molecule has 1 unspecified atom stereocenters. The zero-order chi connectivity index (χ0) is 18.9. The van der Waals surface area contributed by atoms with Crippen molar-refractivity contribution in [2.45, 2.75) is 52.2 Å². The fourth-order valence-electron chi connectivity index (χ4n) is 3.15. The molecule has 0 fully saturated rings. The summed E-state index contributed by atoms with van der Waals surface area (Å²) in [5, 5.41) is 8.28. The molecule has 0 amide bonds. The quantitative estimate of drug-likeness (QED) is 0.501. The Labute approximate surface area is 162 Å². The molecule has 1 aromatic heterocycles. The molecule has 27 heavy (non-hydrogen) atoms. The highest BCUT2D eigenvalue weighted by molar-refractivity contribution is 5.34. The fraction of sp³-hybridized carbons (Fsp3) is 0.348. The maximum atomic E-state index is 5.89. The SMILES string of the molecule is CCCC(NCc1ccn(CCC)n1)c1ccc(Oc2ccccc2)cc1. The molecule has 4 heteroatoms. The number of hydrogen-bond donors (Lipinski definition) is 1. The summed E-state index contributed by atoms with van der Waals surface area (Å²) in [4.78, 5) is 0. The first-order valence-corrected chi connectivity index (χ1v) is 9.87. The number of rotatable bonds is 10. The first kappa shape index (κ1) is 19.2. The molecule has 4 nitrogen and oxygen atoms in total. The lowest BCUT2D eigenvalue weighted by atomic mass is 10.0. The Hall–Kier alpha value is -2.59. The normalized spacial score (nSPS) is 12.1. The number of hydrogen-bond acceptors (Lipinski definition) is 3. The van der Waals surface area contributed by atoms with Crippen LogP contribution >= 0.6 is 0 Å². The molecular formula is C23H29N3O. The standard InChI is InChI=1S/C23H29N3O/c1-3-8-23(24-18-20-15-17-26(25-20)16-4-2)19-11-13-22(14-12-19)27-21-9-6-5-7-10-21/h5-7,9-15,17,23-24H,3-4,8,16,18H2,1-2H3. The minimum atomic E-state index is 0.317. The van der Waals surface area contributed by atoms with Crippen molar-refractivity contribution in [1.29, 1.82) is 0 Å². The number of aromatic nitrogens is 2. The maximum Gasteiger partial charge on any atom is 0.127 e. The second-order valence-electron chi connectivity index (χ2n) is 6.78. The Balaban J connectivity index is 1.61. The van der Waals surface area contributed by atoms with E-state index in [-0.39, 0.29) is 0 Å². The number of benzene rings is 2. The summed E-state index contributed by atoms with van der Waals surface area (Å²) >= 11 is 0. The van der Waals surface area contributed by atoms with Gasteiger partial charge in [0.15, 0.2) is 0 Å². The lowest BCUT2D eigenvalue weighted by molar-refractivity contribution is 0.474. The number of aryl methyl sites for hydroxylation is 1. The van der Waals surface area contributed by atoms with E-state index in [0.717, 1.165) is 49.5 Å². The van der Waals surface area contributed by atoms with Gasteiger partial charge in [-0.25, -0.2) is 0 Å². The van der Waals surface area contributed by atoms with E-state index >= 15 is 0 Å². The minimum absolute atomic E-state index is 0.317. The molecule has 1 atom stereocenters. The van der Waals surface area contributed by atoms with E-state index in [4.69, 9.17) is 4.74 Å². The molecule has 0 aliphatic heterocycles. The third-order valence-corrected chi connectivity index (χ3v) is 4.52. The summed E-state index contributed by atoms with van der Waals surface area (Å²) in [6.45, 7) is 6.14. The van der Waals surface area contributed by atoms with E-state index in [2.05, 4.69) is 48.7 Å². The molecule has 0 bridgehead atoms. The molecular weight excluding hydrogens is 334 g/mol. The maximum absolute atomic E-state index is 5.89. The Bertz CT molecular complexity index is 796. The van der Waals surface area contributed by atoms with Gasteiger partial charge in [0.1, 0.15) is 11.5 Å². The van der Waals surface area contributed by atoms with Gasteiger partial charge in [0, 0.05) is 25.3 Å². The van der Waals surface area contributed by atoms with Gasteiger partial charge in [0.2, 0.25) is 0 Å². The fourth-order valence-corrected chi connectivity index (χ4v) is 3.15. The van der Waals surface area contributed by atoms with Crippen molar-refractivity contribution in [1.82, 2.24) is 15.1 Å². The average Bonchev–Trinajstić information content (AvgIpc) is 3.14. The molecule has 0 saturated carbocycles. The van der Waals surface area contributed by atoms with Crippen LogP contribution in [0, 0.1) is 0 Å². The summed E-state index contributed by atoms with van der Waals surface area (Å²) in [6.07, 6.45) is 5.38. The molecule has 3 aromatic rings. The topological polar surface area (TPSA) is 39.1 Å². The van der Waals surface area contributed by atoms with Crippen LogP contribution in [0.1, 0.15) is 50.4 Å². The number of nitrogens with zero attached hydrogens (tertiary/aromatic N) is 2. The van der Waals surface area contributed by atoms with Gasteiger partial charge in [-0.05, 0) is 48.7 Å². The van der Waals surface area contributed by atoms with E-state index in [1.54, 1.807) is 0 Å². The van der Waals surface area contributed by atoms with Crippen molar-refractivity contribution < 1.29 is 4.74 Å². The minimum Gasteiger partial charge on any atom is -0.457 e. The lowest BCUT2D eigenvalue weighted by Crippen LogP contribution is -2.21. The van der Waals surface area contributed by atoms with Crippen LogP contribution in [0.4, 0.5) is 0 Å². The van der Waals surface area contributed by atoms with Crippen LogP contribution < -0.4 is 10.1 Å². The van der Waals surface area contributed by atoms with Gasteiger partial charge in [-0.15, -0.1) is 0 Å². The van der Waals surface area contributed by atoms with Crippen molar-refractivity contribution >= 4 is 0 Å². The third kappa shape index (κ3) is 5.69. The summed E-state index contributed by atoms with van der Waals surface area (Å²) in [5.74, 6) is 1.72. The predicted molar refractivity (Wildman–Crippen MR) is 110 cm³/mol. The summed E-state index contributed by atoms with van der Waals surface area (Å²) < 4.78 is 7.91. The Morgan fingerprint density at radius 1 is 0.926 bits per heavy atom. The highest BCUT2D eigenvalue weighted by atomic mass is 16.5. The van der Waals surface area contributed by atoms with Gasteiger partial charge in [-0.3, -0.25) is 4.68 Å². The Kier molecular flexibility index (Phi) is 7.05. The van der Waals surface area contributed by atoms with Crippen LogP contribution in [0.2, 0.25) is 0 Å². The van der Waals surface area contributed by atoms with E-state index in [1.165, 1.54) is 5.56 Å². The van der Waals surface area contributed by atoms with Gasteiger partial charge in [-0.2, -0.15) is 5.10 Å². The molecule has 0 aliphatic rings. The Morgan fingerprint density at radius 2 is 1.67 bits per heavy atom. The van der Waals surface area contributed by atoms with E-state index in [9.17, 15) is 0 Å². The van der Waals surface area contributed by atoms with Crippen LogP contribution in [0.25, 0.3) is 0 Å². The van der Waals surface area contributed by atoms with Crippen LogP contribution in [0.15, 0.2) is 66.9 Å². The van der Waals surface area contributed by atoms with E-state index in [1.807, 2.05) is 47.1 Å². The van der Waals surface area contributed by atoms with Gasteiger partial charge < -0.3 is 10.1 Å². The van der Waals surface area contributed by atoms with E-state index < -0.39 is 0 Å². The zero-order valence-electron chi connectivity index (χ0n) is 16.3. The third-order valence-electron chi connectivity index (χ3n) is 4.52. The molecule has 0 saturated heterocycles. The van der Waals surface area contributed by atoms with Crippen molar-refractivity contribution in [3.8, 4) is 11.5 Å². The molecule has 2 aromatic carbocycles. The Morgan fingerprint density at radius 3 is 2.37 bits per heavy atom. The zero-order valence-corrected chi connectivity index (χ0v) is 16.3. The molecule has 0 aliphatic carbocycles. The average molecular weight is 364 g/mol. The van der Waals surface area contributed by atoms with Crippen molar-refractivity contribution in [3.05, 3.63) is 78.1 Å². The van der Waals surface area contributed by atoms with Crippen LogP contribution in [-0.2, 0) is 13.1 Å². The van der Waals surface area contributed by atoms with Crippen molar-refractivity contribution in [2.75, 3.05) is 0 Å². The summed E-state index contributed by atoms with van der Waals surface area (Å²) in [6, 6.07) is 20.7.